The largest absolute Gasteiger partial charge is 0.387 e. The minimum Gasteiger partial charge on any atom is -0.387 e. The number of halogens is 3. The van der Waals surface area contributed by atoms with Crippen LogP contribution in [0.5, 0.6) is 0 Å². The summed E-state index contributed by atoms with van der Waals surface area (Å²) in [5.41, 5.74) is 7.10. The summed E-state index contributed by atoms with van der Waals surface area (Å²) in [5, 5.41) is 13.3. The molecule has 1 atom stereocenters. The Hall–Kier alpha value is -1.81. The van der Waals surface area contributed by atoms with Crippen LogP contribution in [0.4, 0.5) is 0 Å². The maximum Gasteiger partial charge on any atom is 0.0923 e. The lowest BCUT2D eigenvalue weighted by molar-refractivity contribution is 0.113. The molecule has 0 bridgehead atoms. The van der Waals surface area contributed by atoms with Crippen molar-refractivity contribution < 1.29 is 5.11 Å². The Bertz CT molecular complexity index is 1160. The molecule has 1 aliphatic carbocycles. The van der Waals surface area contributed by atoms with Crippen molar-refractivity contribution in [1.29, 1.82) is 0 Å². The first-order valence-corrected chi connectivity index (χ1v) is 12.6. The molecule has 0 aliphatic heterocycles. The molecule has 3 aromatic rings. The van der Waals surface area contributed by atoms with Gasteiger partial charge in [-0.2, -0.15) is 0 Å². The number of aliphatic hydroxyl groups excluding tert-OH is 1. The van der Waals surface area contributed by atoms with Crippen LogP contribution in [0, 0.1) is 0 Å². The zero-order valence-corrected chi connectivity index (χ0v) is 21.2. The van der Waals surface area contributed by atoms with Crippen molar-refractivity contribution in [3.63, 3.8) is 0 Å². The van der Waals surface area contributed by atoms with E-state index >= 15 is 0 Å². The van der Waals surface area contributed by atoms with E-state index < -0.39 is 6.10 Å². The van der Waals surface area contributed by atoms with E-state index in [0.29, 0.717) is 21.6 Å². The van der Waals surface area contributed by atoms with Crippen molar-refractivity contribution in [2.75, 3.05) is 19.6 Å². The maximum atomic E-state index is 11.4. The number of nitrogens with zero attached hydrogens (tertiary/aromatic N) is 1. The lowest BCUT2D eigenvalue weighted by Crippen LogP contribution is -2.30. The van der Waals surface area contributed by atoms with E-state index in [0.717, 1.165) is 64.9 Å². The third-order valence-electron chi connectivity index (χ3n) is 6.02. The van der Waals surface area contributed by atoms with Crippen LogP contribution in [0.2, 0.25) is 15.1 Å². The standard InChI is InChI=1S/C28H28Cl3NO/c1-3-11-32(12-4-2)17-27(33)26-16-21(31)15-25-23(13-18-5-7-19(29)8-6-18)24-14-20(30)9-10-22(24)28(25)26/h5-10,13-16,27,33H,3-4,11-12,17H2,1-2H3/b23-13+. The van der Waals surface area contributed by atoms with Crippen molar-refractivity contribution in [2.45, 2.75) is 32.8 Å². The molecule has 3 aromatic carbocycles. The first-order chi connectivity index (χ1) is 15.9. The van der Waals surface area contributed by atoms with Crippen LogP contribution in [0.1, 0.15) is 55.0 Å². The predicted molar refractivity (Wildman–Crippen MR) is 142 cm³/mol. The van der Waals surface area contributed by atoms with Gasteiger partial charge in [0.1, 0.15) is 0 Å². The van der Waals surface area contributed by atoms with Crippen LogP contribution < -0.4 is 0 Å². The van der Waals surface area contributed by atoms with Crippen LogP contribution in [0.25, 0.3) is 22.8 Å². The second-order valence-corrected chi connectivity index (χ2v) is 9.84. The molecule has 0 aromatic heterocycles. The lowest BCUT2D eigenvalue weighted by atomic mass is 9.94. The Morgan fingerprint density at radius 2 is 1.42 bits per heavy atom. The van der Waals surface area contributed by atoms with Crippen LogP contribution in [0.3, 0.4) is 0 Å². The molecule has 1 unspecified atom stereocenters. The zero-order chi connectivity index (χ0) is 23.5. The summed E-state index contributed by atoms with van der Waals surface area (Å²) >= 11 is 19.1. The molecule has 0 fully saturated rings. The number of rotatable bonds is 8. The Kier molecular flexibility index (Phi) is 7.83. The van der Waals surface area contributed by atoms with E-state index in [9.17, 15) is 5.11 Å². The summed E-state index contributed by atoms with van der Waals surface area (Å²) in [6.45, 7) is 6.83. The number of fused-ring (bicyclic) bond motifs is 3. The van der Waals surface area contributed by atoms with E-state index in [1.54, 1.807) is 0 Å². The number of hydrogen-bond donors (Lipinski definition) is 1. The molecular formula is C28H28Cl3NO. The fraction of sp³-hybridized carbons (Fsp3) is 0.286. The van der Waals surface area contributed by atoms with Crippen molar-refractivity contribution >= 4 is 46.5 Å². The first kappa shape index (κ1) is 24.3. The Balaban J connectivity index is 1.85. The molecule has 1 aliphatic rings. The highest BCUT2D eigenvalue weighted by Gasteiger charge is 2.29. The average molecular weight is 501 g/mol. The van der Waals surface area contributed by atoms with Gasteiger partial charge in [0.25, 0.3) is 0 Å². The Labute approximate surface area is 211 Å². The summed E-state index contributed by atoms with van der Waals surface area (Å²) < 4.78 is 0. The number of hydrogen-bond acceptors (Lipinski definition) is 2. The second kappa shape index (κ2) is 10.6. The number of benzene rings is 3. The van der Waals surface area contributed by atoms with Gasteiger partial charge < -0.3 is 10.0 Å². The molecule has 172 valence electrons. The van der Waals surface area contributed by atoms with Crippen LogP contribution in [0.15, 0.2) is 54.6 Å². The Morgan fingerprint density at radius 1 is 0.788 bits per heavy atom. The molecule has 2 nitrogen and oxygen atoms in total. The smallest absolute Gasteiger partial charge is 0.0923 e. The summed E-state index contributed by atoms with van der Waals surface area (Å²) in [4.78, 5) is 2.32. The quantitative estimate of drug-likeness (QED) is 0.263. The van der Waals surface area contributed by atoms with Gasteiger partial charge in [-0.25, -0.2) is 0 Å². The van der Waals surface area contributed by atoms with Gasteiger partial charge >= 0.3 is 0 Å². The molecule has 0 spiro atoms. The van der Waals surface area contributed by atoms with Gasteiger partial charge in [-0.15, -0.1) is 0 Å². The predicted octanol–water partition coefficient (Wildman–Crippen LogP) is 8.37. The molecule has 33 heavy (non-hydrogen) atoms. The molecule has 4 rings (SSSR count). The van der Waals surface area contributed by atoms with Gasteiger partial charge in [0.2, 0.25) is 0 Å². The molecule has 0 radical (unpaired) electrons. The van der Waals surface area contributed by atoms with E-state index in [4.69, 9.17) is 34.8 Å². The Morgan fingerprint density at radius 3 is 2.09 bits per heavy atom. The summed E-state index contributed by atoms with van der Waals surface area (Å²) in [5.74, 6) is 0. The van der Waals surface area contributed by atoms with Crippen molar-refractivity contribution in [3.8, 4) is 11.1 Å². The van der Waals surface area contributed by atoms with Gasteiger partial charge in [-0.1, -0.05) is 66.8 Å². The van der Waals surface area contributed by atoms with E-state index in [1.807, 2.05) is 54.6 Å². The normalized spacial score (nSPS) is 14.6. The van der Waals surface area contributed by atoms with E-state index in [-0.39, 0.29) is 0 Å². The lowest BCUT2D eigenvalue weighted by Gasteiger charge is -2.25. The van der Waals surface area contributed by atoms with Crippen LogP contribution in [-0.4, -0.2) is 29.6 Å². The van der Waals surface area contributed by atoms with Gasteiger partial charge in [0.15, 0.2) is 0 Å². The van der Waals surface area contributed by atoms with E-state index in [2.05, 4.69) is 24.8 Å². The number of aliphatic hydroxyl groups is 1. The minimum atomic E-state index is -0.644. The minimum absolute atomic E-state index is 0.577. The fourth-order valence-electron chi connectivity index (χ4n) is 4.66. The first-order valence-electron chi connectivity index (χ1n) is 11.4. The highest BCUT2D eigenvalue weighted by Crippen LogP contribution is 2.50. The van der Waals surface area contributed by atoms with Gasteiger partial charge in [-0.3, -0.25) is 0 Å². The van der Waals surface area contributed by atoms with E-state index in [1.165, 1.54) is 0 Å². The average Bonchev–Trinajstić information content (AvgIpc) is 3.07. The summed E-state index contributed by atoms with van der Waals surface area (Å²) in [6.07, 6.45) is 3.59. The molecule has 0 saturated heterocycles. The SMILES string of the molecule is CCCN(CCC)CC(O)c1cc(Cl)cc2c1-c1ccc(Cl)cc1/C2=C\c1ccc(Cl)cc1. The molecule has 0 heterocycles. The summed E-state index contributed by atoms with van der Waals surface area (Å²) in [6, 6.07) is 17.6. The molecule has 5 heteroatoms. The van der Waals surface area contributed by atoms with Crippen molar-refractivity contribution in [2.24, 2.45) is 0 Å². The highest BCUT2D eigenvalue weighted by molar-refractivity contribution is 6.32. The second-order valence-electron chi connectivity index (χ2n) is 8.53. The van der Waals surface area contributed by atoms with Crippen LogP contribution >= 0.6 is 34.8 Å². The van der Waals surface area contributed by atoms with Crippen molar-refractivity contribution in [1.82, 2.24) is 4.90 Å². The third-order valence-corrected chi connectivity index (χ3v) is 6.72. The van der Waals surface area contributed by atoms with Gasteiger partial charge in [0, 0.05) is 21.6 Å². The highest BCUT2D eigenvalue weighted by atomic mass is 35.5. The summed E-state index contributed by atoms with van der Waals surface area (Å²) in [7, 11) is 0. The van der Waals surface area contributed by atoms with Gasteiger partial charge in [-0.05, 0) is 107 Å². The molecule has 1 N–H and O–H groups in total. The molecular weight excluding hydrogens is 473 g/mol. The third kappa shape index (κ3) is 5.31. The maximum absolute atomic E-state index is 11.4. The topological polar surface area (TPSA) is 23.5 Å². The monoisotopic (exact) mass is 499 g/mol. The fourth-order valence-corrected chi connectivity index (χ4v) is 5.18. The molecule has 0 saturated carbocycles. The molecule has 0 amide bonds. The van der Waals surface area contributed by atoms with Crippen LogP contribution in [-0.2, 0) is 0 Å². The van der Waals surface area contributed by atoms with Crippen molar-refractivity contribution in [3.05, 3.63) is 91.9 Å². The zero-order valence-electron chi connectivity index (χ0n) is 18.9. The van der Waals surface area contributed by atoms with Gasteiger partial charge in [0.05, 0.1) is 6.10 Å².